The van der Waals surface area contributed by atoms with E-state index >= 15 is 0 Å². The Bertz CT molecular complexity index is 1300. The molecular formula is C24H28ClFN4O3S. The van der Waals surface area contributed by atoms with Crippen LogP contribution in [0.1, 0.15) is 25.7 Å². The maximum absolute atomic E-state index is 13.5. The second kappa shape index (κ2) is 9.93. The van der Waals surface area contributed by atoms with Crippen LogP contribution in [0, 0.1) is 5.82 Å². The van der Waals surface area contributed by atoms with E-state index in [1.807, 2.05) is 23.5 Å². The predicted octanol–water partition coefficient (Wildman–Crippen LogP) is 5.06. The Morgan fingerprint density at radius 3 is 2.56 bits per heavy atom. The number of rotatable bonds is 7. The summed E-state index contributed by atoms with van der Waals surface area (Å²) in [5, 5.41) is 3.93. The Balaban J connectivity index is 1.57. The van der Waals surface area contributed by atoms with E-state index < -0.39 is 15.5 Å². The summed E-state index contributed by atoms with van der Waals surface area (Å²) in [4.78, 5) is 8.71. The first-order valence-electron chi connectivity index (χ1n) is 10.9. The lowest BCUT2D eigenvalue weighted by Crippen LogP contribution is -2.40. The van der Waals surface area contributed by atoms with Gasteiger partial charge in [0.1, 0.15) is 18.0 Å². The van der Waals surface area contributed by atoms with Gasteiger partial charge in [-0.2, -0.15) is 0 Å². The monoisotopic (exact) mass is 506 g/mol. The molecule has 1 aromatic heterocycles. The number of benzene rings is 2. The zero-order valence-corrected chi connectivity index (χ0v) is 21.0. The lowest BCUT2D eigenvalue weighted by atomic mass is 9.93. The van der Waals surface area contributed by atoms with Crippen LogP contribution < -0.4 is 14.8 Å². The Morgan fingerprint density at radius 2 is 1.91 bits per heavy atom. The highest BCUT2D eigenvalue weighted by molar-refractivity contribution is 7.97. The van der Waals surface area contributed by atoms with Crippen LogP contribution >= 0.6 is 11.6 Å². The molecule has 1 heterocycles. The van der Waals surface area contributed by atoms with E-state index in [-0.39, 0.29) is 17.2 Å². The molecule has 182 valence electrons. The van der Waals surface area contributed by atoms with E-state index in [0.29, 0.717) is 28.5 Å². The molecule has 1 aliphatic carbocycles. The van der Waals surface area contributed by atoms with Crippen LogP contribution in [0.25, 0.3) is 10.9 Å². The normalized spacial score (nSPS) is 20.2. The zero-order chi connectivity index (χ0) is 24.5. The summed E-state index contributed by atoms with van der Waals surface area (Å²) >= 11 is 5.92. The third-order valence-corrected chi connectivity index (χ3v) is 7.97. The number of nitrogens with one attached hydrogen (secondary N) is 1. The van der Waals surface area contributed by atoms with Crippen LogP contribution in [0.2, 0.25) is 5.02 Å². The summed E-state index contributed by atoms with van der Waals surface area (Å²) < 4.78 is 39.6. The molecule has 1 fully saturated rings. The fourth-order valence-electron chi connectivity index (χ4n) is 4.15. The fraction of sp³-hybridized carbons (Fsp3) is 0.375. The molecule has 3 aromatic rings. The molecule has 1 N–H and O–H groups in total. The lowest BCUT2D eigenvalue weighted by Gasteiger charge is -2.35. The first-order valence-corrected chi connectivity index (χ1v) is 13.4. The van der Waals surface area contributed by atoms with Crippen LogP contribution in [0.3, 0.4) is 0 Å². The zero-order valence-electron chi connectivity index (χ0n) is 19.4. The van der Waals surface area contributed by atoms with Crippen molar-refractivity contribution in [1.29, 1.82) is 0 Å². The number of methoxy groups -OCH3 is 1. The molecule has 10 heteroatoms. The highest BCUT2D eigenvalue weighted by Gasteiger charge is 2.28. The number of ether oxygens (including phenoxy) is 2. The largest absolute Gasteiger partial charge is 0.493 e. The molecular weight excluding hydrogens is 479 g/mol. The Kier molecular flexibility index (Phi) is 7.16. The van der Waals surface area contributed by atoms with E-state index in [4.69, 9.17) is 21.1 Å². The SMILES string of the molecule is C=S(C)(=O)N(C)[C@H]1CC[C@H](Oc2cc3c(Nc4ccc(F)c(Cl)c4)ncnc3cc2OC)CC1. The smallest absolute Gasteiger partial charge is 0.162 e. The van der Waals surface area contributed by atoms with Gasteiger partial charge < -0.3 is 14.8 Å². The van der Waals surface area contributed by atoms with Gasteiger partial charge in [-0.25, -0.2) is 18.7 Å². The Hall–Kier alpha value is -2.62. The number of hydrogen-bond acceptors (Lipinski definition) is 6. The minimum absolute atomic E-state index is 0.00525. The minimum atomic E-state index is -2.23. The number of hydrogen-bond donors (Lipinski definition) is 1. The summed E-state index contributed by atoms with van der Waals surface area (Å²) in [6.07, 6.45) is 6.53. The summed E-state index contributed by atoms with van der Waals surface area (Å²) in [5.74, 6) is 5.02. The minimum Gasteiger partial charge on any atom is -0.493 e. The molecule has 1 aliphatic rings. The maximum Gasteiger partial charge on any atom is 0.162 e. The van der Waals surface area contributed by atoms with Gasteiger partial charge in [-0.1, -0.05) is 11.6 Å². The number of anilines is 2. The van der Waals surface area contributed by atoms with Crippen LogP contribution in [-0.4, -0.2) is 56.9 Å². The van der Waals surface area contributed by atoms with Crippen molar-refractivity contribution < 1.29 is 18.1 Å². The fourth-order valence-corrected chi connectivity index (χ4v) is 5.17. The van der Waals surface area contributed by atoms with Crippen molar-refractivity contribution in [3.05, 3.63) is 47.5 Å². The van der Waals surface area contributed by atoms with Crippen molar-refractivity contribution in [3.8, 4) is 11.5 Å². The lowest BCUT2D eigenvalue weighted by molar-refractivity contribution is 0.123. The van der Waals surface area contributed by atoms with Crippen molar-refractivity contribution >= 4 is 49.6 Å². The topological polar surface area (TPSA) is 76.6 Å². The van der Waals surface area contributed by atoms with Crippen LogP contribution in [-0.2, 0) is 9.71 Å². The quantitative estimate of drug-likeness (QED) is 0.451. The molecule has 4 rings (SSSR count). The van der Waals surface area contributed by atoms with E-state index in [1.165, 1.54) is 18.5 Å². The third-order valence-electron chi connectivity index (χ3n) is 6.16. The Labute approximate surface area is 204 Å². The van der Waals surface area contributed by atoms with Crippen molar-refractivity contribution in [2.75, 3.05) is 25.7 Å². The van der Waals surface area contributed by atoms with Gasteiger partial charge in [0.15, 0.2) is 11.5 Å². The van der Waals surface area contributed by atoms with Crippen molar-refractivity contribution in [2.45, 2.75) is 37.8 Å². The average molecular weight is 507 g/mol. The number of fused-ring (bicyclic) bond motifs is 1. The van der Waals surface area contributed by atoms with Crippen molar-refractivity contribution in [3.63, 3.8) is 0 Å². The number of halogens is 2. The van der Waals surface area contributed by atoms with Gasteiger partial charge in [0.05, 0.1) is 23.8 Å². The second-order valence-electron chi connectivity index (χ2n) is 8.55. The molecule has 0 amide bonds. The molecule has 7 nitrogen and oxygen atoms in total. The van der Waals surface area contributed by atoms with Crippen LogP contribution in [0.4, 0.5) is 15.9 Å². The van der Waals surface area contributed by atoms with Gasteiger partial charge in [-0.15, -0.1) is 0 Å². The molecule has 0 saturated heterocycles. The first-order chi connectivity index (χ1) is 16.2. The second-order valence-corrected chi connectivity index (χ2v) is 11.5. The number of nitrogens with zero attached hydrogens (tertiary/aromatic N) is 3. The number of aromatic nitrogens is 2. The summed E-state index contributed by atoms with van der Waals surface area (Å²) in [7, 11) is 1.23. The molecule has 1 atom stereocenters. The van der Waals surface area contributed by atoms with Gasteiger partial charge >= 0.3 is 0 Å². The van der Waals surface area contributed by atoms with Gasteiger partial charge in [-0.3, -0.25) is 4.21 Å². The maximum atomic E-state index is 13.5. The van der Waals surface area contributed by atoms with E-state index in [9.17, 15) is 8.60 Å². The van der Waals surface area contributed by atoms with E-state index in [0.717, 1.165) is 31.1 Å². The predicted molar refractivity (Wildman–Crippen MR) is 136 cm³/mol. The molecule has 2 aromatic carbocycles. The van der Waals surface area contributed by atoms with Crippen LogP contribution in [0.15, 0.2) is 36.7 Å². The van der Waals surface area contributed by atoms with Gasteiger partial charge in [0.2, 0.25) is 0 Å². The summed E-state index contributed by atoms with van der Waals surface area (Å²) in [6, 6.07) is 8.27. The van der Waals surface area contributed by atoms with E-state index in [2.05, 4.69) is 21.2 Å². The molecule has 0 aliphatic heterocycles. The van der Waals surface area contributed by atoms with Crippen LogP contribution in [0.5, 0.6) is 11.5 Å². The summed E-state index contributed by atoms with van der Waals surface area (Å²) in [6.45, 7) is 0. The standard InChI is InChI=1S/C24H28ClFN4O3S/c1-30(34(3,4)31)16-6-8-17(9-7-16)33-23-12-18-21(13-22(23)32-2)27-14-28-24(18)29-15-5-10-20(26)19(25)11-15/h5,10-14,16-17H,3,6-9H2,1-2,4H3,(H,27,28,29)/t16-,17-,34?. The molecule has 0 bridgehead atoms. The molecule has 34 heavy (non-hydrogen) atoms. The van der Waals surface area contributed by atoms with Gasteiger partial charge in [0.25, 0.3) is 0 Å². The molecule has 0 spiro atoms. The highest BCUT2D eigenvalue weighted by atomic mass is 35.5. The van der Waals surface area contributed by atoms with Crippen molar-refractivity contribution in [1.82, 2.24) is 14.3 Å². The average Bonchev–Trinajstić information content (AvgIpc) is 2.81. The Morgan fingerprint density at radius 1 is 1.18 bits per heavy atom. The van der Waals surface area contributed by atoms with E-state index in [1.54, 1.807) is 19.4 Å². The molecule has 1 saturated carbocycles. The van der Waals surface area contributed by atoms with Crippen molar-refractivity contribution in [2.24, 2.45) is 0 Å². The molecule has 1 unspecified atom stereocenters. The first kappa shape index (κ1) is 24.5. The van der Waals surface area contributed by atoms with Gasteiger partial charge in [0, 0.05) is 39.1 Å². The third kappa shape index (κ3) is 5.37. The highest BCUT2D eigenvalue weighted by Crippen LogP contribution is 2.37. The summed E-state index contributed by atoms with van der Waals surface area (Å²) in [5.41, 5.74) is 1.28. The van der Waals surface area contributed by atoms with Gasteiger partial charge in [-0.05, 0) is 62.9 Å². The molecule has 0 radical (unpaired) electrons.